The molecule has 0 saturated carbocycles. The molecule has 0 aliphatic carbocycles. The van der Waals surface area contributed by atoms with Crippen LogP contribution < -0.4 is 0 Å². The van der Waals surface area contributed by atoms with Gasteiger partial charge in [-0.2, -0.15) is 0 Å². The van der Waals surface area contributed by atoms with Gasteiger partial charge in [0.15, 0.2) is 0 Å². The molecular weight excluding hydrogens is 338 g/mol. The summed E-state index contributed by atoms with van der Waals surface area (Å²) in [7, 11) is 2.08. The third kappa shape index (κ3) is 3.31. The molecule has 3 saturated heterocycles. The summed E-state index contributed by atoms with van der Waals surface area (Å²) in [6.07, 6.45) is 3.89. The Bertz CT molecular complexity index is 770. The van der Waals surface area contributed by atoms with E-state index in [4.69, 9.17) is 4.74 Å². The number of ether oxygens (including phenoxy) is 1. The number of aromatic nitrogens is 2. The van der Waals surface area contributed by atoms with E-state index < -0.39 is 0 Å². The smallest absolute Gasteiger partial charge is 0.0945 e. The Hall–Kier alpha value is -1.73. The third-order valence-corrected chi connectivity index (χ3v) is 6.41. The lowest BCUT2D eigenvalue weighted by molar-refractivity contribution is -0.168. The number of nitrogens with zero attached hydrogens (tertiary/aromatic N) is 5. The van der Waals surface area contributed by atoms with Gasteiger partial charge in [0.05, 0.1) is 30.8 Å². The quantitative estimate of drug-likeness (QED) is 0.812. The number of rotatable bonds is 4. The molecular formula is C21H29N5O. The first-order chi connectivity index (χ1) is 13.2. The summed E-state index contributed by atoms with van der Waals surface area (Å²) in [5.41, 5.74) is 2.98. The van der Waals surface area contributed by atoms with Crippen LogP contribution in [0, 0.1) is 0 Å². The Kier molecular flexibility index (Phi) is 4.52. The van der Waals surface area contributed by atoms with E-state index in [9.17, 15) is 0 Å². The van der Waals surface area contributed by atoms with Gasteiger partial charge in [-0.1, -0.05) is 30.3 Å². The second kappa shape index (κ2) is 7.02. The molecule has 0 radical (unpaired) electrons. The van der Waals surface area contributed by atoms with Crippen LogP contribution in [-0.4, -0.2) is 81.8 Å². The monoisotopic (exact) mass is 367 g/mol. The van der Waals surface area contributed by atoms with E-state index in [0.717, 1.165) is 59.0 Å². The van der Waals surface area contributed by atoms with E-state index in [1.165, 1.54) is 11.3 Å². The van der Waals surface area contributed by atoms with Crippen molar-refractivity contribution < 1.29 is 4.74 Å². The molecule has 1 aromatic carbocycles. The molecule has 0 bridgehead atoms. The molecule has 3 aliphatic rings. The second-order valence-corrected chi connectivity index (χ2v) is 8.44. The zero-order chi connectivity index (χ0) is 18.3. The molecule has 4 heterocycles. The van der Waals surface area contributed by atoms with Crippen LogP contribution in [0.3, 0.4) is 0 Å². The Morgan fingerprint density at radius 3 is 2.70 bits per heavy atom. The number of hydrogen-bond acceptors (Lipinski definition) is 5. The molecule has 27 heavy (non-hydrogen) atoms. The minimum atomic E-state index is 0.278. The number of fused-ring (bicyclic) bond motifs is 2. The first-order valence-electron chi connectivity index (χ1n) is 10.0. The molecule has 1 atom stereocenters. The van der Waals surface area contributed by atoms with Crippen molar-refractivity contribution in [3.8, 4) is 0 Å². The van der Waals surface area contributed by atoms with Crippen LogP contribution in [0.15, 0.2) is 42.9 Å². The van der Waals surface area contributed by atoms with Gasteiger partial charge in [0.1, 0.15) is 0 Å². The lowest BCUT2D eigenvalue weighted by Gasteiger charge is -2.63. The van der Waals surface area contributed by atoms with Crippen molar-refractivity contribution in [1.82, 2.24) is 24.3 Å². The fraction of sp³-hybridized carbons (Fsp3) is 0.571. The number of hydrogen-bond donors (Lipinski definition) is 0. The van der Waals surface area contributed by atoms with Crippen LogP contribution in [0.5, 0.6) is 0 Å². The minimum Gasteiger partial charge on any atom is -0.378 e. The normalized spacial score (nSPS) is 26.0. The lowest BCUT2D eigenvalue weighted by atomic mass is 9.82. The molecule has 6 nitrogen and oxygen atoms in total. The van der Waals surface area contributed by atoms with Crippen molar-refractivity contribution in [2.75, 3.05) is 45.9 Å². The fourth-order valence-corrected chi connectivity index (χ4v) is 5.21. The zero-order valence-corrected chi connectivity index (χ0v) is 16.1. The lowest BCUT2D eigenvalue weighted by Crippen LogP contribution is -2.80. The largest absolute Gasteiger partial charge is 0.378 e. The van der Waals surface area contributed by atoms with E-state index >= 15 is 0 Å². The SMILES string of the molecule is Cn1cncc1CN1CC2(CN(Cc3ccccc3)CC3COCCN32)C1. The molecule has 1 spiro atoms. The molecule has 1 aromatic heterocycles. The van der Waals surface area contributed by atoms with Gasteiger partial charge in [0.2, 0.25) is 0 Å². The Morgan fingerprint density at radius 2 is 1.93 bits per heavy atom. The van der Waals surface area contributed by atoms with Crippen LogP contribution in [-0.2, 0) is 24.9 Å². The predicted octanol–water partition coefficient (Wildman–Crippen LogP) is 1.19. The van der Waals surface area contributed by atoms with Crippen LogP contribution >= 0.6 is 0 Å². The van der Waals surface area contributed by atoms with Crippen molar-refractivity contribution in [3.05, 3.63) is 54.1 Å². The number of aryl methyl sites for hydroxylation is 1. The van der Waals surface area contributed by atoms with Gasteiger partial charge in [-0.3, -0.25) is 14.7 Å². The van der Waals surface area contributed by atoms with E-state index in [0.29, 0.717) is 6.04 Å². The topological polar surface area (TPSA) is 36.8 Å². The maximum atomic E-state index is 5.83. The molecule has 3 aliphatic heterocycles. The van der Waals surface area contributed by atoms with E-state index in [1.807, 2.05) is 12.5 Å². The van der Waals surface area contributed by atoms with Crippen LogP contribution in [0.25, 0.3) is 0 Å². The number of likely N-dealkylation sites (tertiary alicyclic amines) is 1. The maximum Gasteiger partial charge on any atom is 0.0945 e. The number of imidazole rings is 1. The van der Waals surface area contributed by atoms with E-state index in [1.54, 1.807) is 0 Å². The molecule has 2 aromatic rings. The van der Waals surface area contributed by atoms with Crippen LogP contribution in [0.2, 0.25) is 0 Å². The maximum absolute atomic E-state index is 5.83. The number of piperazine rings is 1. The highest BCUT2D eigenvalue weighted by atomic mass is 16.5. The van der Waals surface area contributed by atoms with Gasteiger partial charge < -0.3 is 9.30 Å². The van der Waals surface area contributed by atoms with Crippen molar-refractivity contribution in [1.29, 1.82) is 0 Å². The standard InChI is InChI=1S/C21H29N5O/c1-23-17-22-9-19(23)11-25-15-21(16-25)14-24(10-18-5-3-2-4-6-18)12-20-13-27-8-7-26(20)21/h2-6,9,17,20H,7-8,10-16H2,1H3. The van der Waals surface area contributed by atoms with Crippen molar-refractivity contribution in [3.63, 3.8) is 0 Å². The summed E-state index contributed by atoms with van der Waals surface area (Å²) >= 11 is 0. The molecule has 5 rings (SSSR count). The predicted molar refractivity (Wildman–Crippen MR) is 104 cm³/mol. The first kappa shape index (κ1) is 17.4. The number of benzene rings is 1. The van der Waals surface area contributed by atoms with Crippen LogP contribution in [0.1, 0.15) is 11.3 Å². The molecule has 0 N–H and O–H groups in total. The van der Waals surface area contributed by atoms with Gasteiger partial charge in [0.25, 0.3) is 0 Å². The van der Waals surface area contributed by atoms with Gasteiger partial charge in [-0.15, -0.1) is 0 Å². The summed E-state index contributed by atoms with van der Waals surface area (Å²) in [4.78, 5) is 12.2. The average molecular weight is 367 g/mol. The third-order valence-electron chi connectivity index (χ3n) is 6.41. The highest BCUT2D eigenvalue weighted by Crippen LogP contribution is 2.36. The molecule has 3 fully saturated rings. The summed E-state index contributed by atoms with van der Waals surface area (Å²) < 4.78 is 7.96. The van der Waals surface area contributed by atoms with Gasteiger partial charge in [-0.05, 0) is 5.56 Å². The summed E-state index contributed by atoms with van der Waals surface area (Å²) in [6, 6.07) is 11.4. The Balaban J connectivity index is 1.30. The average Bonchev–Trinajstić information content (AvgIpc) is 3.06. The van der Waals surface area contributed by atoms with Gasteiger partial charge in [0, 0.05) is 65.1 Å². The Labute approximate surface area is 161 Å². The fourth-order valence-electron chi connectivity index (χ4n) is 5.21. The van der Waals surface area contributed by atoms with E-state index in [2.05, 4.69) is 61.6 Å². The Morgan fingerprint density at radius 1 is 1.11 bits per heavy atom. The number of morpholine rings is 1. The molecule has 1 unspecified atom stereocenters. The highest BCUT2D eigenvalue weighted by molar-refractivity contribution is 5.17. The second-order valence-electron chi connectivity index (χ2n) is 8.44. The van der Waals surface area contributed by atoms with Gasteiger partial charge >= 0.3 is 0 Å². The molecule has 6 heteroatoms. The molecule has 144 valence electrons. The minimum absolute atomic E-state index is 0.278. The highest BCUT2D eigenvalue weighted by Gasteiger charge is 2.53. The summed E-state index contributed by atoms with van der Waals surface area (Å²) in [6.45, 7) is 9.38. The zero-order valence-electron chi connectivity index (χ0n) is 16.1. The van der Waals surface area contributed by atoms with E-state index in [-0.39, 0.29) is 5.54 Å². The first-order valence-corrected chi connectivity index (χ1v) is 10.0. The molecule has 0 amide bonds. The van der Waals surface area contributed by atoms with Crippen molar-refractivity contribution in [2.45, 2.75) is 24.7 Å². The van der Waals surface area contributed by atoms with Gasteiger partial charge in [-0.25, -0.2) is 4.98 Å². The van der Waals surface area contributed by atoms with Crippen molar-refractivity contribution in [2.24, 2.45) is 7.05 Å². The summed E-state index contributed by atoms with van der Waals surface area (Å²) in [5.74, 6) is 0. The van der Waals surface area contributed by atoms with Crippen LogP contribution in [0.4, 0.5) is 0 Å². The summed E-state index contributed by atoms with van der Waals surface area (Å²) in [5, 5.41) is 0. The van der Waals surface area contributed by atoms with Crippen molar-refractivity contribution >= 4 is 0 Å².